The van der Waals surface area contributed by atoms with Crippen molar-refractivity contribution in [3.8, 4) is 5.75 Å². The van der Waals surface area contributed by atoms with Gasteiger partial charge in [0.15, 0.2) is 0 Å². The lowest BCUT2D eigenvalue weighted by molar-refractivity contribution is 0.121. The largest absolute Gasteiger partial charge is 0.500 e. The summed E-state index contributed by atoms with van der Waals surface area (Å²) in [7, 11) is 2.47. The van der Waals surface area contributed by atoms with Gasteiger partial charge in [0.2, 0.25) is 0 Å². The maximum absolute atomic E-state index is 5.92. The summed E-state index contributed by atoms with van der Waals surface area (Å²) in [5.74, 6) is 2.64. The van der Waals surface area contributed by atoms with Crippen LogP contribution in [0.3, 0.4) is 0 Å². The standard InChI is InChI=1S/C25H44O4Si/c1-5-6-7-8-9-11-22-12-14-23(15-13-22)24-16-18-25(19-17-24)29-20-10-21-30(26-2,27-3)28-4/h16-19,22-23H,5-15,20-21H2,1-4H3. The van der Waals surface area contributed by atoms with Gasteiger partial charge in [0, 0.05) is 27.4 Å². The molecule has 0 amide bonds. The van der Waals surface area contributed by atoms with Gasteiger partial charge in [0.05, 0.1) is 6.61 Å². The Balaban J connectivity index is 1.66. The maximum atomic E-state index is 5.92. The molecule has 4 nitrogen and oxygen atoms in total. The number of ether oxygens (including phenoxy) is 1. The smallest absolute Gasteiger partial charge is 0.494 e. The Kier molecular flexibility index (Phi) is 12.0. The molecular formula is C25H44O4Si. The van der Waals surface area contributed by atoms with E-state index in [0.29, 0.717) is 6.61 Å². The van der Waals surface area contributed by atoms with Crippen molar-refractivity contribution in [3.05, 3.63) is 29.8 Å². The molecule has 0 radical (unpaired) electrons. The van der Waals surface area contributed by atoms with Crippen LogP contribution < -0.4 is 4.74 Å². The first kappa shape index (κ1) is 25.4. The first-order valence-corrected chi connectivity index (χ1v) is 14.0. The van der Waals surface area contributed by atoms with Gasteiger partial charge < -0.3 is 18.0 Å². The van der Waals surface area contributed by atoms with Gasteiger partial charge in [-0.1, -0.05) is 57.6 Å². The molecule has 0 bridgehead atoms. The van der Waals surface area contributed by atoms with Crippen LogP contribution in [-0.2, 0) is 13.3 Å². The molecule has 2 rings (SSSR count). The van der Waals surface area contributed by atoms with Crippen molar-refractivity contribution < 1.29 is 18.0 Å². The van der Waals surface area contributed by atoms with E-state index in [1.54, 1.807) is 21.3 Å². The number of unbranched alkanes of at least 4 members (excludes halogenated alkanes) is 4. The Bertz CT molecular complexity index is 543. The highest BCUT2D eigenvalue weighted by Gasteiger charge is 2.36. The first-order chi connectivity index (χ1) is 14.7. The van der Waals surface area contributed by atoms with E-state index in [1.807, 2.05) is 0 Å². The van der Waals surface area contributed by atoms with Gasteiger partial charge in [-0.05, 0) is 61.6 Å². The Hall–Kier alpha value is -0.883. The molecule has 0 spiro atoms. The molecule has 0 N–H and O–H groups in total. The zero-order valence-corrected chi connectivity index (χ0v) is 20.8. The minimum atomic E-state index is -2.49. The third-order valence-electron chi connectivity index (χ3n) is 6.74. The van der Waals surface area contributed by atoms with Gasteiger partial charge in [-0.3, -0.25) is 0 Å². The van der Waals surface area contributed by atoms with E-state index in [4.69, 9.17) is 18.0 Å². The van der Waals surface area contributed by atoms with E-state index in [-0.39, 0.29) is 0 Å². The molecule has 1 aliphatic carbocycles. The maximum Gasteiger partial charge on any atom is 0.500 e. The van der Waals surface area contributed by atoms with E-state index in [2.05, 4.69) is 31.2 Å². The van der Waals surface area contributed by atoms with Crippen LogP contribution in [-0.4, -0.2) is 36.7 Å². The van der Waals surface area contributed by atoms with E-state index in [0.717, 1.165) is 30.1 Å². The lowest BCUT2D eigenvalue weighted by atomic mass is 9.77. The van der Waals surface area contributed by atoms with Gasteiger partial charge in [-0.15, -0.1) is 0 Å². The van der Waals surface area contributed by atoms with Gasteiger partial charge in [-0.2, -0.15) is 0 Å². The van der Waals surface area contributed by atoms with Crippen molar-refractivity contribution >= 4 is 8.80 Å². The summed E-state index contributed by atoms with van der Waals surface area (Å²) in [5, 5.41) is 0. The molecule has 0 aromatic heterocycles. The zero-order chi connectivity index (χ0) is 21.7. The van der Waals surface area contributed by atoms with Crippen molar-refractivity contribution in [2.45, 2.75) is 89.5 Å². The zero-order valence-electron chi connectivity index (χ0n) is 19.8. The third kappa shape index (κ3) is 8.33. The number of rotatable bonds is 15. The van der Waals surface area contributed by atoms with Crippen molar-refractivity contribution in [1.29, 1.82) is 0 Å². The summed E-state index contributed by atoms with van der Waals surface area (Å²) < 4.78 is 22.3. The monoisotopic (exact) mass is 436 g/mol. The summed E-state index contributed by atoms with van der Waals surface area (Å²) in [6, 6.07) is 9.55. The van der Waals surface area contributed by atoms with E-state index >= 15 is 0 Å². The predicted octanol–water partition coefficient (Wildman–Crippen LogP) is 6.97. The van der Waals surface area contributed by atoms with Crippen molar-refractivity contribution in [1.82, 2.24) is 0 Å². The fourth-order valence-corrected chi connectivity index (χ4v) is 6.38. The highest BCUT2D eigenvalue weighted by Crippen LogP contribution is 2.38. The fraction of sp³-hybridized carbons (Fsp3) is 0.760. The van der Waals surface area contributed by atoms with Crippen LogP contribution >= 0.6 is 0 Å². The molecular weight excluding hydrogens is 392 g/mol. The van der Waals surface area contributed by atoms with Crippen LogP contribution in [0.4, 0.5) is 0 Å². The molecule has 1 saturated carbocycles. The minimum absolute atomic E-state index is 0.646. The van der Waals surface area contributed by atoms with Crippen LogP contribution in [0.15, 0.2) is 24.3 Å². The first-order valence-electron chi connectivity index (χ1n) is 12.0. The molecule has 0 atom stereocenters. The molecule has 5 heteroatoms. The topological polar surface area (TPSA) is 36.9 Å². The summed E-state index contributed by atoms with van der Waals surface area (Å²) >= 11 is 0. The lowest BCUT2D eigenvalue weighted by Crippen LogP contribution is -2.42. The molecule has 30 heavy (non-hydrogen) atoms. The van der Waals surface area contributed by atoms with Crippen molar-refractivity contribution in [2.24, 2.45) is 5.92 Å². The average Bonchev–Trinajstić information content (AvgIpc) is 2.80. The van der Waals surface area contributed by atoms with Gasteiger partial charge in [-0.25, -0.2) is 0 Å². The van der Waals surface area contributed by atoms with Gasteiger partial charge in [0.25, 0.3) is 0 Å². The Labute approximate surface area is 186 Å². The van der Waals surface area contributed by atoms with E-state index in [9.17, 15) is 0 Å². The second kappa shape index (κ2) is 14.2. The highest BCUT2D eigenvalue weighted by atomic mass is 28.4. The third-order valence-corrected chi connectivity index (χ3v) is 9.58. The molecule has 1 aliphatic rings. The molecule has 1 aromatic carbocycles. The van der Waals surface area contributed by atoms with Crippen molar-refractivity contribution in [2.75, 3.05) is 27.9 Å². The molecule has 0 heterocycles. The number of hydrogen-bond donors (Lipinski definition) is 0. The molecule has 1 fully saturated rings. The number of hydrogen-bond acceptors (Lipinski definition) is 4. The van der Waals surface area contributed by atoms with Crippen LogP contribution in [0.2, 0.25) is 6.04 Å². The lowest BCUT2D eigenvalue weighted by Gasteiger charge is -2.29. The Morgan fingerprint density at radius 3 is 2.03 bits per heavy atom. The van der Waals surface area contributed by atoms with Gasteiger partial charge in [0.1, 0.15) is 5.75 Å². The quantitative estimate of drug-likeness (QED) is 0.220. The minimum Gasteiger partial charge on any atom is -0.494 e. The second-order valence-electron chi connectivity index (χ2n) is 8.74. The summed E-state index contributed by atoms with van der Waals surface area (Å²) in [6.45, 7) is 2.94. The van der Waals surface area contributed by atoms with Crippen LogP contribution in [0.1, 0.15) is 89.0 Å². The van der Waals surface area contributed by atoms with Gasteiger partial charge >= 0.3 is 8.80 Å². The Morgan fingerprint density at radius 1 is 0.800 bits per heavy atom. The van der Waals surface area contributed by atoms with Crippen LogP contribution in [0.5, 0.6) is 5.75 Å². The highest BCUT2D eigenvalue weighted by molar-refractivity contribution is 6.60. The molecule has 0 aliphatic heterocycles. The Morgan fingerprint density at radius 2 is 1.43 bits per heavy atom. The van der Waals surface area contributed by atoms with Crippen molar-refractivity contribution in [3.63, 3.8) is 0 Å². The summed E-state index contributed by atoms with van der Waals surface area (Å²) in [6.07, 6.45) is 14.8. The predicted molar refractivity (Wildman–Crippen MR) is 126 cm³/mol. The molecule has 0 unspecified atom stereocenters. The van der Waals surface area contributed by atoms with Crippen LogP contribution in [0.25, 0.3) is 0 Å². The molecule has 1 aromatic rings. The molecule has 172 valence electrons. The number of benzene rings is 1. The summed E-state index contributed by atoms with van der Waals surface area (Å²) in [4.78, 5) is 0. The normalized spacial score (nSPS) is 19.7. The second-order valence-corrected chi connectivity index (χ2v) is 11.8. The van der Waals surface area contributed by atoms with Crippen LogP contribution in [0, 0.1) is 5.92 Å². The fourth-order valence-electron chi connectivity index (χ4n) is 4.69. The SMILES string of the molecule is CCCCCCCC1CCC(c2ccc(OCCC[Si](OC)(OC)OC)cc2)CC1. The van der Waals surface area contributed by atoms with E-state index in [1.165, 1.54) is 69.8 Å². The molecule has 0 saturated heterocycles. The van der Waals surface area contributed by atoms with E-state index < -0.39 is 8.80 Å². The summed E-state index contributed by atoms with van der Waals surface area (Å²) in [5.41, 5.74) is 1.48. The average molecular weight is 437 g/mol.